The van der Waals surface area contributed by atoms with Crippen LogP contribution < -0.4 is 5.32 Å². The van der Waals surface area contributed by atoms with E-state index in [2.05, 4.69) is 30.2 Å². The Labute approximate surface area is 156 Å². The molecular weight excluding hydrogens is 352 g/mol. The van der Waals surface area contributed by atoms with Gasteiger partial charge in [-0.1, -0.05) is 49.7 Å². The van der Waals surface area contributed by atoms with Crippen molar-refractivity contribution in [3.63, 3.8) is 0 Å². The molecule has 0 atom stereocenters. The lowest BCUT2D eigenvalue weighted by Crippen LogP contribution is -2.14. The van der Waals surface area contributed by atoms with E-state index >= 15 is 0 Å². The van der Waals surface area contributed by atoms with Gasteiger partial charge in [-0.15, -0.1) is 11.3 Å². The molecule has 0 spiro atoms. The number of benzene rings is 2. The smallest absolute Gasteiger partial charge is 0.230 e. The van der Waals surface area contributed by atoms with Crippen LogP contribution in [0.2, 0.25) is 5.02 Å². The Morgan fingerprint density at radius 1 is 1.20 bits per heavy atom. The Kier molecular flexibility index (Phi) is 5.51. The van der Waals surface area contributed by atoms with Crippen LogP contribution >= 0.6 is 22.9 Å². The molecule has 0 unspecified atom stereocenters. The highest BCUT2D eigenvalue weighted by molar-refractivity contribution is 7.13. The molecule has 2 aromatic carbocycles. The molecule has 3 rings (SSSR count). The third-order valence-electron chi connectivity index (χ3n) is 3.80. The van der Waals surface area contributed by atoms with Gasteiger partial charge in [0.2, 0.25) is 5.91 Å². The highest BCUT2D eigenvalue weighted by Crippen LogP contribution is 2.26. The Morgan fingerprint density at radius 3 is 2.76 bits per heavy atom. The van der Waals surface area contributed by atoms with Gasteiger partial charge < -0.3 is 5.32 Å². The lowest BCUT2D eigenvalue weighted by molar-refractivity contribution is -0.115. The molecular formula is C20H19ClN2OS. The molecule has 0 aliphatic carbocycles. The van der Waals surface area contributed by atoms with Gasteiger partial charge in [-0.05, 0) is 35.7 Å². The molecule has 0 aliphatic rings. The summed E-state index contributed by atoms with van der Waals surface area (Å²) in [6, 6.07) is 15.5. The zero-order chi connectivity index (χ0) is 17.8. The molecule has 128 valence electrons. The van der Waals surface area contributed by atoms with Gasteiger partial charge in [0.15, 0.2) is 0 Å². The van der Waals surface area contributed by atoms with E-state index in [0.717, 1.165) is 22.0 Å². The summed E-state index contributed by atoms with van der Waals surface area (Å²) < 4.78 is 0. The van der Waals surface area contributed by atoms with Gasteiger partial charge >= 0.3 is 0 Å². The first-order chi connectivity index (χ1) is 12.0. The summed E-state index contributed by atoms with van der Waals surface area (Å²) in [5.41, 5.74) is 3.75. The zero-order valence-electron chi connectivity index (χ0n) is 14.1. The summed E-state index contributed by atoms with van der Waals surface area (Å²) in [5, 5.41) is 6.41. The predicted molar refractivity (Wildman–Crippen MR) is 105 cm³/mol. The highest BCUT2D eigenvalue weighted by Gasteiger charge is 2.10. The van der Waals surface area contributed by atoms with Crippen molar-refractivity contribution in [3.8, 4) is 10.6 Å². The third-order valence-corrected chi connectivity index (χ3v) is 4.98. The maximum atomic E-state index is 12.3. The minimum Gasteiger partial charge on any atom is -0.326 e. The van der Waals surface area contributed by atoms with Crippen molar-refractivity contribution in [1.29, 1.82) is 0 Å². The number of anilines is 1. The van der Waals surface area contributed by atoms with E-state index in [9.17, 15) is 4.79 Å². The largest absolute Gasteiger partial charge is 0.326 e. The van der Waals surface area contributed by atoms with Crippen molar-refractivity contribution in [3.05, 3.63) is 70.2 Å². The van der Waals surface area contributed by atoms with Gasteiger partial charge in [0, 0.05) is 21.7 Å². The molecule has 0 radical (unpaired) electrons. The SMILES string of the molecule is CC(C)c1cccc(NC(=O)Cc2csc(-c3cccc(Cl)c3)n2)c1. The maximum absolute atomic E-state index is 12.3. The van der Waals surface area contributed by atoms with Crippen molar-refractivity contribution in [2.24, 2.45) is 0 Å². The number of aromatic nitrogens is 1. The number of hydrogen-bond donors (Lipinski definition) is 1. The maximum Gasteiger partial charge on any atom is 0.230 e. The number of amides is 1. The van der Waals surface area contributed by atoms with Crippen LogP contribution in [0.3, 0.4) is 0 Å². The minimum absolute atomic E-state index is 0.0659. The summed E-state index contributed by atoms with van der Waals surface area (Å²) in [6.07, 6.45) is 0.253. The van der Waals surface area contributed by atoms with E-state index in [1.807, 2.05) is 47.8 Å². The van der Waals surface area contributed by atoms with Crippen LogP contribution in [0.25, 0.3) is 10.6 Å². The average molecular weight is 371 g/mol. The first-order valence-electron chi connectivity index (χ1n) is 8.11. The summed E-state index contributed by atoms with van der Waals surface area (Å²) in [6.45, 7) is 4.27. The molecule has 5 heteroatoms. The predicted octanol–water partition coefficient (Wildman–Crippen LogP) is 5.77. The topological polar surface area (TPSA) is 42.0 Å². The average Bonchev–Trinajstić information content (AvgIpc) is 3.03. The van der Waals surface area contributed by atoms with Crippen molar-refractivity contribution in [2.75, 3.05) is 5.32 Å². The fraction of sp³-hybridized carbons (Fsp3) is 0.200. The molecule has 0 bridgehead atoms. The Bertz CT molecular complexity index is 889. The Balaban J connectivity index is 1.67. The number of nitrogens with zero attached hydrogens (tertiary/aromatic N) is 1. The zero-order valence-corrected chi connectivity index (χ0v) is 15.7. The molecule has 1 heterocycles. The standard InChI is InChI=1S/C20H19ClN2OS/c1-13(2)14-5-4-8-17(10-14)22-19(24)11-18-12-25-20(23-18)15-6-3-7-16(21)9-15/h3-10,12-13H,11H2,1-2H3,(H,22,24). The number of halogens is 1. The van der Waals surface area contributed by atoms with Crippen molar-refractivity contribution in [2.45, 2.75) is 26.2 Å². The van der Waals surface area contributed by atoms with Gasteiger partial charge in [0.1, 0.15) is 5.01 Å². The van der Waals surface area contributed by atoms with Crippen molar-refractivity contribution < 1.29 is 4.79 Å². The Morgan fingerprint density at radius 2 is 2.00 bits per heavy atom. The molecule has 1 aromatic heterocycles. The third kappa shape index (κ3) is 4.68. The van der Waals surface area contributed by atoms with E-state index < -0.39 is 0 Å². The fourth-order valence-corrected chi connectivity index (χ4v) is 3.49. The van der Waals surface area contributed by atoms with E-state index in [1.165, 1.54) is 16.9 Å². The van der Waals surface area contributed by atoms with E-state index in [-0.39, 0.29) is 12.3 Å². The second-order valence-corrected chi connectivity index (χ2v) is 7.45. The number of carbonyl (C=O) groups is 1. The van der Waals surface area contributed by atoms with Gasteiger partial charge in [0.05, 0.1) is 12.1 Å². The van der Waals surface area contributed by atoms with Crippen LogP contribution in [0, 0.1) is 0 Å². The molecule has 0 saturated carbocycles. The van der Waals surface area contributed by atoms with Gasteiger partial charge in [-0.25, -0.2) is 4.98 Å². The lowest BCUT2D eigenvalue weighted by Gasteiger charge is -2.09. The molecule has 0 aliphatic heterocycles. The number of carbonyl (C=O) groups excluding carboxylic acids is 1. The fourth-order valence-electron chi connectivity index (χ4n) is 2.49. The summed E-state index contributed by atoms with van der Waals surface area (Å²) in [5.74, 6) is 0.361. The molecule has 0 saturated heterocycles. The van der Waals surface area contributed by atoms with E-state index in [4.69, 9.17) is 11.6 Å². The number of rotatable bonds is 5. The van der Waals surface area contributed by atoms with Gasteiger partial charge in [-0.2, -0.15) is 0 Å². The van der Waals surface area contributed by atoms with Crippen molar-refractivity contribution >= 4 is 34.5 Å². The number of nitrogens with one attached hydrogen (secondary N) is 1. The number of hydrogen-bond acceptors (Lipinski definition) is 3. The van der Waals surface area contributed by atoms with Crippen molar-refractivity contribution in [1.82, 2.24) is 4.98 Å². The second kappa shape index (κ2) is 7.81. The second-order valence-electron chi connectivity index (χ2n) is 6.16. The molecule has 25 heavy (non-hydrogen) atoms. The molecule has 3 nitrogen and oxygen atoms in total. The van der Waals surface area contributed by atoms with Gasteiger partial charge in [-0.3, -0.25) is 4.79 Å². The lowest BCUT2D eigenvalue weighted by atomic mass is 10.0. The Hall–Kier alpha value is -2.17. The van der Waals surface area contributed by atoms with Crippen LogP contribution in [0.4, 0.5) is 5.69 Å². The summed E-state index contributed by atoms with van der Waals surface area (Å²) in [4.78, 5) is 16.8. The quantitative estimate of drug-likeness (QED) is 0.619. The molecule has 1 amide bonds. The molecule has 3 aromatic rings. The van der Waals surface area contributed by atoms with Crippen LogP contribution in [-0.2, 0) is 11.2 Å². The molecule has 1 N–H and O–H groups in total. The van der Waals surface area contributed by atoms with Gasteiger partial charge in [0.25, 0.3) is 0 Å². The summed E-state index contributed by atoms with van der Waals surface area (Å²) >= 11 is 7.54. The normalized spacial score (nSPS) is 10.9. The molecule has 0 fully saturated rings. The monoisotopic (exact) mass is 370 g/mol. The first-order valence-corrected chi connectivity index (χ1v) is 9.37. The van der Waals surface area contributed by atoms with Crippen LogP contribution in [0.15, 0.2) is 53.9 Å². The minimum atomic E-state index is -0.0659. The van der Waals surface area contributed by atoms with E-state index in [1.54, 1.807) is 0 Å². The van der Waals surface area contributed by atoms with E-state index in [0.29, 0.717) is 10.9 Å². The first kappa shape index (κ1) is 17.6. The summed E-state index contributed by atoms with van der Waals surface area (Å²) in [7, 11) is 0. The van der Waals surface area contributed by atoms with Crippen LogP contribution in [-0.4, -0.2) is 10.9 Å². The number of thiazole rings is 1. The highest BCUT2D eigenvalue weighted by atomic mass is 35.5. The van der Waals surface area contributed by atoms with Crippen LogP contribution in [0.1, 0.15) is 31.0 Å². The van der Waals surface area contributed by atoms with Crippen LogP contribution in [0.5, 0.6) is 0 Å².